The smallest absolute Gasteiger partial charge is 0.322 e. The molecule has 1 aromatic rings. The Morgan fingerprint density at radius 2 is 1.87 bits per heavy atom. The predicted molar refractivity (Wildman–Crippen MR) is 78.7 cm³/mol. The van der Waals surface area contributed by atoms with Gasteiger partial charge in [0.25, 0.3) is 0 Å². The standard InChI is InChI=1S/C14H18FNO6S/c1-21-11-7-9(15)13(8-12(11)22-2)23(19,20)16-6-4-3-5-10(16)14(17)18/h7-8,10H,3-6H2,1-2H3,(H,17,18). The highest BCUT2D eigenvalue weighted by Gasteiger charge is 2.39. The largest absolute Gasteiger partial charge is 0.493 e. The van der Waals surface area contributed by atoms with Gasteiger partial charge in [-0.25, -0.2) is 12.8 Å². The van der Waals surface area contributed by atoms with Crippen molar-refractivity contribution < 1.29 is 32.2 Å². The van der Waals surface area contributed by atoms with Gasteiger partial charge in [0.2, 0.25) is 10.0 Å². The Morgan fingerprint density at radius 3 is 2.43 bits per heavy atom. The number of sulfonamides is 1. The molecule has 1 fully saturated rings. The molecular formula is C14H18FNO6S. The lowest BCUT2D eigenvalue weighted by Crippen LogP contribution is -2.48. The van der Waals surface area contributed by atoms with Gasteiger partial charge in [-0.1, -0.05) is 0 Å². The maximum atomic E-state index is 14.2. The quantitative estimate of drug-likeness (QED) is 0.867. The predicted octanol–water partition coefficient (Wildman–Crippen LogP) is 1.47. The SMILES string of the molecule is COc1cc(F)c(S(=O)(=O)N2CCCCC2C(=O)O)cc1OC. The number of methoxy groups -OCH3 is 2. The molecule has 0 aliphatic carbocycles. The molecule has 2 rings (SSSR count). The fraction of sp³-hybridized carbons (Fsp3) is 0.500. The van der Waals surface area contributed by atoms with Crippen molar-refractivity contribution in [3.05, 3.63) is 17.9 Å². The fourth-order valence-corrected chi connectivity index (χ4v) is 4.31. The molecule has 1 aliphatic heterocycles. The maximum absolute atomic E-state index is 14.2. The average molecular weight is 347 g/mol. The Bertz CT molecular complexity index is 705. The Morgan fingerprint density at radius 1 is 1.26 bits per heavy atom. The Labute approximate surface area is 133 Å². The summed E-state index contributed by atoms with van der Waals surface area (Å²) in [5.74, 6) is -2.15. The monoisotopic (exact) mass is 347 g/mol. The molecule has 0 radical (unpaired) electrons. The van der Waals surface area contributed by atoms with Crippen molar-refractivity contribution in [1.82, 2.24) is 4.31 Å². The van der Waals surface area contributed by atoms with E-state index in [1.165, 1.54) is 14.2 Å². The summed E-state index contributed by atoms with van der Waals surface area (Å²) in [4.78, 5) is 10.7. The lowest BCUT2D eigenvalue weighted by molar-refractivity contribution is -0.142. The highest BCUT2D eigenvalue weighted by molar-refractivity contribution is 7.89. The van der Waals surface area contributed by atoms with Crippen LogP contribution in [-0.2, 0) is 14.8 Å². The van der Waals surface area contributed by atoms with E-state index < -0.39 is 32.7 Å². The number of hydrogen-bond donors (Lipinski definition) is 1. The summed E-state index contributed by atoms with van der Waals surface area (Å²) < 4.78 is 50.4. The van der Waals surface area contributed by atoms with Gasteiger partial charge in [-0.05, 0) is 19.3 Å². The van der Waals surface area contributed by atoms with Crippen LogP contribution in [0.15, 0.2) is 17.0 Å². The summed E-state index contributed by atoms with van der Waals surface area (Å²) in [6.07, 6.45) is 1.33. The normalized spacial score (nSPS) is 19.3. The van der Waals surface area contributed by atoms with Gasteiger partial charge in [0.1, 0.15) is 16.8 Å². The van der Waals surface area contributed by atoms with E-state index in [-0.39, 0.29) is 24.5 Å². The zero-order chi connectivity index (χ0) is 17.2. The van der Waals surface area contributed by atoms with Crippen LogP contribution in [0.1, 0.15) is 19.3 Å². The molecule has 23 heavy (non-hydrogen) atoms. The second kappa shape index (κ2) is 6.71. The maximum Gasteiger partial charge on any atom is 0.322 e. The highest BCUT2D eigenvalue weighted by Crippen LogP contribution is 2.34. The van der Waals surface area contributed by atoms with Gasteiger partial charge >= 0.3 is 5.97 Å². The van der Waals surface area contributed by atoms with E-state index >= 15 is 0 Å². The molecule has 0 aromatic heterocycles. The molecule has 0 amide bonds. The van der Waals surface area contributed by atoms with E-state index in [1.807, 2.05) is 0 Å². The van der Waals surface area contributed by atoms with E-state index in [0.29, 0.717) is 12.8 Å². The van der Waals surface area contributed by atoms with Crippen molar-refractivity contribution in [3.63, 3.8) is 0 Å². The number of aliphatic carboxylic acids is 1. The molecule has 1 aromatic carbocycles. The van der Waals surface area contributed by atoms with E-state index in [2.05, 4.69) is 0 Å². The first-order chi connectivity index (χ1) is 10.8. The van der Waals surface area contributed by atoms with E-state index in [9.17, 15) is 22.7 Å². The molecule has 9 heteroatoms. The van der Waals surface area contributed by atoms with Crippen LogP contribution in [0.3, 0.4) is 0 Å². The Kier molecular flexibility index (Phi) is 5.10. The van der Waals surface area contributed by atoms with E-state index in [4.69, 9.17) is 9.47 Å². The van der Waals surface area contributed by atoms with Crippen LogP contribution in [-0.4, -0.2) is 50.6 Å². The molecule has 1 N–H and O–H groups in total. The number of benzene rings is 1. The van der Waals surface area contributed by atoms with Gasteiger partial charge in [-0.15, -0.1) is 0 Å². The minimum absolute atomic E-state index is 0.0348. The van der Waals surface area contributed by atoms with E-state index in [1.54, 1.807) is 0 Å². The number of carboxylic acids is 1. The third-order valence-electron chi connectivity index (χ3n) is 3.76. The van der Waals surface area contributed by atoms with Crippen LogP contribution in [0, 0.1) is 5.82 Å². The Balaban J connectivity index is 2.52. The molecule has 0 bridgehead atoms. The third-order valence-corrected chi connectivity index (χ3v) is 5.69. The lowest BCUT2D eigenvalue weighted by atomic mass is 10.1. The minimum atomic E-state index is -4.30. The molecular weight excluding hydrogens is 329 g/mol. The Hall–Kier alpha value is -1.87. The van der Waals surface area contributed by atoms with Crippen molar-refractivity contribution in [2.24, 2.45) is 0 Å². The number of ether oxygens (including phenoxy) is 2. The van der Waals surface area contributed by atoms with Gasteiger partial charge in [-0.2, -0.15) is 4.31 Å². The van der Waals surface area contributed by atoms with Gasteiger partial charge < -0.3 is 14.6 Å². The lowest BCUT2D eigenvalue weighted by Gasteiger charge is -2.32. The molecule has 0 saturated carbocycles. The van der Waals surface area contributed by atoms with Crippen LogP contribution in [0.4, 0.5) is 4.39 Å². The second-order valence-electron chi connectivity index (χ2n) is 5.10. The summed E-state index contributed by atoms with van der Waals surface area (Å²) in [7, 11) is -1.70. The third kappa shape index (κ3) is 3.25. The number of carbonyl (C=O) groups is 1. The zero-order valence-electron chi connectivity index (χ0n) is 12.8. The van der Waals surface area contributed by atoms with Crippen molar-refractivity contribution in [2.45, 2.75) is 30.2 Å². The van der Waals surface area contributed by atoms with Crippen LogP contribution in [0.5, 0.6) is 11.5 Å². The molecule has 128 valence electrons. The number of rotatable bonds is 5. The summed E-state index contributed by atoms with van der Waals surface area (Å²) >= 11 is 0. The molecule has 1 atom stereocenters. The van der Waals surface area contributed by atoms with Crippen molar-refractivity contribution in [2.75, 3.05) is 20.8 Å². The summed E-state index contributed by atoms with van der Waals surface area (Å²) in [5, 5.41) is 9.23. The molecule has 0 spiro atoms. The van der Waals surface area contributed by atoms with Gasteiger partial charge in [0.15, 0.2) is 11.5 Å². The van der Waals surface area contributed by atoms with Crippen LogP contribution < -0.4 is 9.47 Å². The van der Waals surface area contributed by atoms with Crippen LogP contribution >= 0.6 is 0 Å². The number of carboxylic acid groups (broad SMARTS) is 1. The van der Waals surface area contributed by atoms with Crippen molar-refractivity contribution in [1.29, 1.82) is 0 Å². The van der Waals surface area contributed by atoms with Crippen molar-refractivity contribution in [3.8, 4) is 11.5 Å². The number of halogens is 1. The average Bonchev–Trinajstić information content (AvgIpc) is 2.54. The minimum Gasteiger partial charge on any atom is -0.493 e. The van der Waals surface area contributed by atoms with Crippen molar-refractivity contribution >= 4 is 16.0 Å². The molecule has 1 heterocycles. The van der Waals surface area contributed by atoms with Gasteiger partial charge in [-0.3, -0.25) is 4.79 Å². The molecule has 7 nitrogen and oxygen atoms in total. The number of piperidine rings is 1. The fourth-order valence-electron chi connectivity index (χ4n) is 2.60. The molecule has 1 aliphatic rings. The molecule has 1 unspecified atom stereocenters. The molecule has 1 saturated heterocycles. The van der Waals surface area contributed by atoms with E-state index in [0.717, 1.165) is 16.4 Å². The van der Waals surface area contributed by atoms with Crippen LogP contribution in [0.25, 0.3) is 0 Å². The summed E-state index contributed by atoms with van der Waals surface area (Å²) in [6.45, 7) is 0.0348. The first kappa shape index (κ1) is 17.5. The highest BCUT2D eigenvalue weighted by atomic mass is 32.2. The van der Waals surface area contributed by atoms with Gasteiger partial charge in [0, 0.05) is 18.7 Å². The summed E-state index contributed by atoms with van der Waals surface area (Å²) in [6, 6.07) is 0.726. The topological polar surface area (TPSA) is 93.1 Å². The zero-order valence-corrected chi connectivity index (χ0v) is 13.6. The van der Waals surface area contributed by atoms with Gasteiger partial charge in [0.05, 0.1) is 14.2 Å². The number of nitrogens with zero attached hydrogens (tertiary/aromatic N) is 1. The first-order valence-corrected chi connectivity index (χ1v) is 8.43. The first-order valence-electron chi connectivity index (χ1n) is 6.99. The number of hydrogen-bond acceptors (Lipinski definition) is 5. The second-order valence-corrected chi connectivity index (χ2v) is 6.96. The van der Waals surface area contributed by atoms with Crippen LogP contribution in [0.2, 0.25) is 0 Å². The summed E-state index contributed by atoms with van der Waals surface area (Å²) in [5.41, 5.74) is 0.